The molecule has 0 fully saturated rings. The third-order valence-corrected chi connectivity index (χ3v) is 3.22. The molecule has 13 heavy (non-hydrogen) atoms. The molecule has 1 atom stereocenters. The third kappa shape index (κ3) is 1.87. The van der Waals surface area contributed by atoms with Crippen molar-refractivity contribution in [3.63, 3.8) is 0 Å². The predicted octanol–water partition coefficient (Wildman–Crippen LogP) is 4.48. The highest BCUT2D eigenvalue weighted by Crippen LogP contribution is 2.38. The normalized spacial score (nSPS) is 22.5. The van der Waals surface area contributed by atoms with E-state index in [1.54, 1.807) is 16.7 Å². The van der Waals surface area contributed by atoms with E-state index in [1.807, 2.05) is 0 Å². The van der Waals surface area contributed by atoms with Gasteiger partial charge in [-0.05, 0) is 31.3 Å². The van der Waals surface area contributed by atoms with Crippen molar-refractivity contribution < 1.29 is 0 Å². The fourth-order valence-corrected chi connectivity index (χ4v) is 2.52. The predicted molar refractivity (Wildman–Crippen MR) is 59.8 cm³/mol. The Balaban J connectivity index is 2.91. The van der Waals surface area contributed by atoms with E-state index < -0.39 is 0 Å². The van der Waals surface area contributed by atoms with Gasteiger partial charge in [-0.3, -0.25) is 0 Å². The smallest absolute Gasteiger partial charge is 0.00131 e. The Labute approximate surface area is 82.7 Å². The van der Waals surface area contributed by atoms with E-state index in [0.29, 0.717) is 0 Å². The van der Waals surface area contributed by atoms with Crippen LogP contribution in [0, 0.1) is 5.92 Å². The molecule has 0 aromatic rings. The van der Waals surface area contributed by atoms with Crippen LogP contribution in [0.25, 0.3) is 0 Å². The summed E-state index contributed by atoms with van der Waals surface area (Å²) in [6.45, 7) is 9.15. The molecule has 0 heteroatoms. The molecular formula is C13H22. The zero-order valence-electron chi connectivity index (χ0n) is 9.48. The first-order valence-electron chi connectivity index (χ1n) is 5.70. The van der Waals surface area contributed by atoms with Crippen LogP contribution in [0.15, 0.2) is 22.8 Å². The number of hydrogen-bond acceptors (Lipinski definition) is 0. The van der Waals surface area contributed by atoms with Crippen LogP contribution in [-0.4, -0.2) is 0 Å². The molecule has 0 nitrogen and oxygen atoms in total. The monoisotopic (exact) mass is 178 g/mol. The molecule has 0 heterocycles. The van der Waals surface area contributed by atoms with Gasteiger partial charge in [0, 0.05) is 5.92 Å². The summed E-state index contributed by atoms with van der Waals surface area (Å²) >= 11 is 0. The SMILES string of the molecule is CCC1=CC(CC)=C(CC)C1CC. The largest absolute Gasteiger partial charge is 0.0645 e. The van der Waals surface area contributed by atoms with Crippen LogP contribution in [0.4, 0.5) is 0 Å². The first-order valence-corrected chi connectivity index (χ1v) is 5.70. The van der Waals surface area contributed by atoms with Crippen LogP contribution in [0.1, 0.15) is 53.4 Å². The topological polar surface area (TPSA) is 0 Å². The van der Waals surface area contributed by atoms with E-state index in [1.165, 1.54) is 25.7 Å². The summed E-state index contributed by atoms with van der Waals surface area (Å²) in [7, 11) is 0. The molecule has 0 radical (unpaired) electrons. The van der Waals surface area contributed by atoms with Crippen molar-refractivity contribution in [2.45, 2.75) is 53.4 Å². The van der Waals surface area contributed by atoms with E-state index in [2.05, 4.69) is 33.8 Å². The lowest BCUT2D eigenvalue weighted by Crippen LogP contribution is -2.02. The Bertz CT molecular complexity index is 230. The maximum Gasteiger partial charge on any atom is 0.00131 e. The van der Waals surface area contributed by atoms with Crippen molar-refractivity contribution in [2.75, 3.05) is 0 Å². The second-order valence-electron chi connectivity index (χ2n) is 3.79. The van der Waals surface area contributed by atoms with Crippen molar-refractivity contribution in [3.8, 4) is 0 Å². The summed E-state index contributed by atoms with van der Waals surface area (Å²) in [5, 5.41) is 0. The quantitative estimate of drug-likeness (QED) is 0.595. The molecule has 0 amide bonds. The van der Waals surface area contributed by atoms with Gasteiger partial charge in [-0.1, -0.05) is 44.9 Å². The fourth-order valence-electron chi connectivity index (χ4n) is 2.52. The van der Waals surface area contributed by atoms with Crippen LogP contribution >= 0.6 is 0 Å². The van der Waals surface area contributed by atoms with Gasteiger partial charge >= 0.3 is 0 Å². The molecule has 0 aliphatic heterocycles. The Hall–Kier alpha value is -0.520. The molecule has 1 unspecified atom stereocenters. The van der Waals surface area contributed by atoms with Gasteiger partial charge in [-0.15, -0.1) is 0 Å². The first kappa shape index (κ1) is 10.6. The molecule has 0 N–H and O–H groups in total. The Kier molecular flexibility index (Phi) is 3.77. The minimum absolute atomic E-state index is 0.782. The van der Waals surface area contributed by atoms with Gasteiger partial charge in [0.15, 0.2) is 0 Å². The zero-order valence-corrected chi connectivity index (χ0v) is 9.48. The zero-order chi connectivity index (χ0) is 9.84. The van der Waals surface area contributed by atoms with Crippen molar-refractivity contribution in [3.05, 3.63) is 22.8 Å². The van der Waals surface area contributed by atoms with Crippen LogP contribution in [0.5, 0.6) is 0 Å². The molecule has 0 saturated heterocycles. The maximum absolute atomic E-state index is 2.45. The Morgan fingerprint density at radius 2 is 1.69 bits per heavy atom. The van der Waals surface area contributed by atoms with Crippen LogP contribution in [0.2, 0.25) is 0 Å². The third-order valence-electron chi connectivity index (χ3n) is 3.22. The second-order valence-corrected chi connectivity index (χ2v) is 3.79. The molecule has 1 rings (SSSR count). The number of rotatable bonds is 4. The lowest BCUT2D eigenvalue weighted by atomic mass is 9.89. The molecule has 1 aliphatic carbocycles. The van der Waals surface area contributed by atoms with Crippen molar-refractivity contribution in [1.29, 1.82) is 0 Å². The summed E-state index contributed by atoms with van der Waals surface area (Å²) < 4.78 is 0. The van der Waals surface area contributed by atoms with Gasteiger partial charge in [-0.25, -0.2) is 0 Å². The van der Waals surface area contributed by atoms with E-state index in [9.17, 15) is 0 Å². The summed E-state index contributed by atoms with van der Waals surface area (Å²) in [6, 6.07) is 0. The highest BCUT2D eigenvalue weighted by atomic mass is 14.3. The Morgan fingerprint density at radius 1 is 1.00 bits per heavy atom. The highest BCUT2D eigenvalue weighted by molar-refractivity contribution is 5.41. The summed E-state index contributed by atoms with van der Waals surface area (Å²) in [4.78, 5) is 0. The molecule has 0 aromatic heterocycles. The Morgan fingerprint density at radius 3 is 2.08 bits per heavy atom. The van der Waals surface area contributed by atoms with E-state index in [0.717, 1.165) is 5.92 Å². The summed E-state index contributed by atoms with van der Waals surface area (Å²) in [5.41, 5.74) is 4.99. The standard InChI is InChI=1S/C13H22/c1-5-10-9-11(6-2)13(8-4)12(10)7-3/h9,12H,5-8H2,1-4H3. The van der Waals surface area contributed by atoms with E-state index in [4.69, 9.17) is 0 Å². The van der Waals surface area contributed by atoms with Crippen molar-refractivity contribution in [2.24, 2.45) is 5.92 Å². The van der Waals surface area contributed by atoms with E-state index >= 15 is 0 Å². The fraction of sp³-hybridized carbons (Fsp3) is 0.692. The van der Waals surface area contributed by atoms with Crippen molar-refractivity contribution in [1.82, 2.24) is 0 Å². The van der Waals surface area contributed by atoms with Crippen LogP contribution < -0.4 is 0 Å². The van der Waals surface area contributed by atoms with Crippen molar-refractivity contribution >= 4 is 0 Å². The van der Waals surface area contributed by atoms with Gasteiger partial charge < -0.3 is 0 Å². The molecular weight excluding hydrogens is 156 g/mol. The molecule has 74 valence electrons. The second kappa shape index (κ2) is 4.64. The van der Waals surface area contributed by atoms with Crippen LogP contribution in [0.3, 0.4) is 0 Å². The lowest BCUT2D eigenvalue weighted by molar-refractivity contribution is 0.650. The van der Waals surface area contributed by atoms with Gasteiger partial charge in [0.1, 0.15) is 0 Å². The minimum Gasteiger partial charge on any atom is -0.0645 e. The average molecular weight is 178 g/mol. The number of allylic oxidation sites excluding steroid dienone is 4. The van der Waals surface area contributed by atoms with Crippen LogP contribution in [-0.2, 0) is 0 Å². The van der Waals surface area contributed by atoms with Gasteiger partial charge in [0.25, 0.3) is 0 Å². The molecule has 0 spiro atoms. The van der Waals surface area contributed by atoms with E-state index in [-0.39, 0.29) is 0 Å². The molecule has 0 bridgehead atoms. The maximum atomic E-state index is 2.45. The number of hydrogen-bond donors (Lipinski definition) is 0. The summed E-state index contributed by atoms with van der Waals surface area (Å²) in [5.74, 6) is 0.782. The summed E-state index contributed by atoms with van der Waals surface area (Å²) in [6.07, 6.45) is 7.41. The highest BCUT2D eigenvalue weighted by Gasteiger charge is 2.22. The average Bonchev–Trinajstić information content (AvgIpc) is 2.54. The molecule has 0 aromatic carbocycles. The first-order chi connectivity index (χ1) is 6.28. The van der Waals surface area contributed by atoms with Gasteiger partial charge in [-0.2, -0.15) is 0 Å². The minimum atomic E-state index is 0.782. The molecule has 0 saturated carbocycles. The van der Waals surface area contributed by atoms with Gasteiger partial charge in [0.05, 0.1) is 0 Å². The lowest BCUT2D eigenvalue weighted by Gasteiger charge is -2.15. The van der Waals surface area contributed by atoms with Gasteiger partial charge in [0.2, 0.25) is 0 Å². The molecule has 1 aliphatic rings.